The van der Waals surface area contributed by atoms with E-state index in [1.807, 2.05) is 12.1 Å². The molecule has 0 spiro atoms. The summed E-state index contributed by atoms with van der Waals surface area (Å²) in [6.45, 7) is 2.83. The first kappa shape index (κ1) is 15.2. The Hall–Kier alpha value is -0.170. The molecular formula is C13H17BrN2OS2. The molecular weight excluding hydrogens is 344 g/mol. The molecule has 104 valence electrons. The predicted octanol–water partition coefficient (Wildman–Crippen LogP) is 2.71. The van der Waals surface area contributed by atoms with Crippen molar-refractivity contribution in [3.05, 3.63) is 28.7 Å². The molecule has 6 heteroatoms. The molecule has 1 aliphatic rings. The maximum Gasteiger partial charge on any atom is 0.238 e. The van der Waals surface area contributed by atoms with Gasteiger partial charge in [-0.2, -0.15) is 0 Å². The van der Waals surface area contributed by atoms with Gasteiger partial charge in [0.2, 0.25) is 5.91 Å². The van der Waals surface area contributed by atoms with E-state index < -0.39 is 0 Å². The Balaban J connectivity index is 1.73. The van der Waals surface area contributed by atoms with Gasteiger partial charge in [0.05, 0.1) is 6.04 Å². The lowest BCUT2D eigenvalue weighted by Crippen LogP contribution is -2.43. The Morgan fingerprint density at radius 1 is 1.58 bits per heavy atom. The van der Waals surface area contributed by atoms with Crippen LogP contribution in [-0.4, -0.2) is 35.4 Å². The highest BCUT2D eigenvalue weighted by Crippen LogP contribution is 2.24. The number of halogens is 1. The molecule has 19 heavy (non-hydrogen) atoms. The van der Waals surface area contributed by atoms with Crippen LogP contribution in [0, 0.1) is 0 Å². The van der Waals surface area contributed by atoms with Crippen LogP contribution in [0.15, 0.2) is 33.6 Å². The average molecular weight is 361 g/mol. The SMILES string of the molecule is CC(CNC(=O)C1CSCN1)Sc1ccc(Br)cc1. The molecule has 0 aliphatic carbocycles. The second-order valence-electron chi connectivity index (χ2n) is 4.40. The van der Waals surface area contributed by atoms with E-state index in [-0.39, 0.29) is 11.9 Å². The normalized spacial score (nSPS) is 20.2. The van der Waals surface area contributed by atoms with E-state index in [0.717, 1.165) is 16.1 Å². The maximum atomic E-state index is 11.8. The van der Waals surface area contributed by atoms with Crippen molar-refractivity contribution in [2.45, 2.75) is 23.1 Å². The molecule has 1 aromatic carbocycles. The van der Waals surface area contributed by atoms with Crippen LogP contribution in [-0.2, 0) is 4.79 Å². The minimum absolute atomic E-state index is 0.0186. The van der Waals surface area contributed by atoms with E-state index in [2.05, 4.69) is 45.6 Å². The first-order chi connectivity index (χ1) is 9.15. The summed E-state index contributed by atoms with van der Waals surface area (Å²) < 4.78 is 1.09. The third-order valence-electron chi connectivity index (χ3n) is 2.75. The monoisotopic (exact) mass is 360 g/mol. The highest BCUT2D eigenvalue weighted by molar-refractivity contribution is 9.10. The highest BCUT2D eigenvalue weighted by Gasteiger charge is 2.22. The number of thioether (sulfide) groups is 2. The van der Waals surface area contributed by atoms with E-state index >= 15 is 0 Å². The van der Waals surface area contributed by atoms with Crippen molar-refractivity contribution in [2.24, 2.45) is 0 Å². The van der Waals surface area contributed by atoms with Gasteiger partial charge in [0.15, 0.2) is 0 Å². The van der Waals surface area contributed by atoms with Crippen LogP contribution in [0.1, 0.15) is 6.92 Å². The van der Waals surface area contributed by atoms with Gasteiger partial charge in [-0.1, -0.05) is 22.9 Å². The topological polar surface area (TPSA) is 41.1 Å². The van der Waals surface area contributed by atoms with Crippen LogP contribution in [0.2, 0.25) is 0 Å². The quantitative estimate of drug-likeness (QED) is 0.792. The minimum Gasteiger partial charge on any atom is -0.354 e. The van der Waals surface area contributed by atoms with Gasteiger partial charge < -0.3 is 5.32 Å². The second kappa shape index (κ2) is 7.57. The zero-order chi connectivity index (χ0) is 13.7. The van der Waals surface area contributed by atoms with Crippen LogP contribution in [0.5, 0.6) is 0 Å². The fourth-order valence-electron chi connectivity index (χ4n) is 1.72. The van der Waals surface area contributed by atoms with Gasteiger partial charge in [-0.3, -0.25) is 10.1 Å². The molecule has 0 aromatic heterocycles. The Morgan fingerprint density at radius 2 is 2.32 bits per heavy atom. The molecule has 2 unspecified atom stereocenters. The fraction of sp³-hybridized carbons (Fsp3) is 0.462. The molecule has 2 N–H and O–H groups in total. The summed E-state index contributed by atoms with van der Waals surface area (Å²) in [5, 5.41) is 6.55. The Labute approximate surface area is 130 Å². The number of benzene rings is 1. The summed E-state index contributed by atoms with van der Waals surface area (Å²) >= 11 is 6.97. The lowest BCUT2D eigenvalue weighted by atomic mass is 10.3. The van der Waals surface area contributed by atoms with Gasteiger partial charge in [0.25, 0.3) is 0 Å². The van der Waals surface area contributed by atoms with E-state index in [9.17, 15) is 4.79 Å². The Morgan fingerprint density at radius 3 is 2.95 bits per heavy atom. The van der Waals surface area contributed by atoms with Gasteiger partial charge >= 0.3 is 0 Å². The summed E-state index contributed by atoms with van der Waals surface area (Å²) in [5.41, 5.74) is 0. The first-order valence-corrected chi connectivity index (χ1v) is 8.99. The smallest absolute Gasteiger partial charge is 0.238 e. The number of nitrogens with one attached hydrogen (secondary N) is 2. The number of carbonyl (C=O) groups excluding carboxylic acids is 1. The average Bonchev–Trinajstić information content (AvgIpc) is 2.93. The molecule has 0 radical (unpaired) electrons. The van der Waals surface area contributed by atoms with Gasteiger partial charge in [0.1, 0.15) is 0 Å². The number of rotatable bonds is 5. The van der Waals surface area contributed by atoms with Crippen molar-refractivity contribution in [2.75, 3.05) is 18.2 Å². The number of amides is 1. The Kier molecular flexibility index (Phi) is 6.06. The number of hydrogen-bond donors (Lipinski definition) is 2. The number of hydrogen-bond acceptors (Lipinski definition) is 4. The van der Waals surface area contributed by atoms with E-state index in [1.165, 1.54) is 4.90 Å². The first-order valence-electron chi connectivity index (χ1n) is 6.16. The van der Waals surface area contributed by atoms with Crippen molar-refractivity contribution in [3.8, 4) is 0 Å². The summed E-state index contributed by atoms with van der Waals surface area (Å²) in [6, 6.07) is 8.22. The minimum atomic E-state index is -0.0186. The largest absolute Gasteiger partial charge is 0.354 e. The van der Waals surface area contributed by atoms with E-state index in [1.54, 1.807) is 23.5 Å². The summed E-state index contributed by atoms with van der Waals surface area (Å²) in [7, 11) is 0. The van der Waals surface area contributed by atoms with Crippen LogP contribution in [0.25, 0.3) is 0 Å². The van der Waals surface area contributed by atoms with Crippen LogP contribution in [0.4, 0.5) is 0 Å². The Bertz CT molecular complexity index is 421. The van der Waals surface area contributed by atoms with E-state index in [0.29, 0.717) is 11.8 Å². The second-order valence-corrected chi connectivity index (χ2v) is 7.86. The zero-order valence-electron chi connectivity index (χ0n) is 10.7. The molecule has 2 rings (SSSR count). The van der Waals surface area contributed by atoms with Gasteiger partial charge in [0, 0.05) is 32.8 Å². The lowest BCUT2D eigenvalue weighted by Gasteiger charge is -2.15. The highest BCUT2D eigenvalue weighted by atomic mass is 79.9. The maximum absolute atomic E-state index is 11.8. The predicted molar refractivity (Wildman–Crippen MR) is 86.7 cm³/mol. The fourth-order valence-corrected chi connectivity index (χ4v) is 3.85. The van der Waals surface area contributed by atoms with E-state index in [4.69, 9.17) is 0 Å². The van der Waals surface area contributed by atoms with Gasteiger partial charge in [-0.05, 0) is 24.3 Å². The number of carbonyl (C=O) groups is 1. The van der Waals surface area contributed by atoms with Crippen LogP contribution >= 0.6 is 39.5 Å². The molecule has 1 amide bonds. The van der Waals surface area contributed by atoms with Gasteiger partial charge in [-0.25, -0.2) is 0 Å². The third-order valence-corrected chi connectivity index (χ3v) is 5.33. The third kappa shape index (κ3) is 5.02. The molecule has 0 saturated carbocycles. The van der Waals surface area contributed by atoms with Crippen LogP contribution in [0.3, 0.4) is 0 Å². The molecule has 1 heterocycles. The summed E-state index contributed by atoms with van der Waals surface area (Å²) in [6.07, 6.45) is 0. The molecule has 1 saturated heterocycles. The van der Waals surface area contributed by atoms with Crippen molar-refractivity contribution >= 4 is 45.4 Å². The van der Waals surface area contributed by atoms with Crippen LogP contribution < -0.4 is 10.6 Å². The summed E-state index contributed by atoms with van der Waals surface area (Å²) in [5.74, 6) is 1.87. The molecule has 0 bridgehead atoms. The van der Waals surface area contributed by atoms with Crippen molar-refractivity contribution in [1.29, 1.82) is 0 Å². The molecule has 1 aromatic rings. The molecule has 1 aliphatic heterocycles. The molecule has 2 atom stereocenters. The standard InChI is InChI=1S/C13H17BrN2OS2/c1-9(19-11-4-2-10(14)3-5-11)6-15-13(17)12-7-18-8-16-12/h2-5,9,12,16H,6-8H2,1H3,(H,15,17). The zero-order valence-corrected chi connectivity index (χ0v) is 13.9. The van der Waals surface area contributed by atoms with Crippen molar-refractivity contribution in [1.82, 2.24) is 10.6 Å². The van der Waals surface area contributed by atoms with Crippen molar-refractivity contribution in [3.63, 3.8) is 0 Å². The molecule has 1 fully saturated rings. The molecule has 3 nitrogen and oxygen atoms in total. The lowest BCUT2D eigenvalue weighted by molar-refractivity contribution is -0.122. The van der Waals surface area contributed by atoms with Gasteiger partial charge in [-0.15, -0.1) is 23.5 Å². The van der Waals surface area contributed by atoms with Crippen molar-refractivity contribution < 1.29 is 4.79 Å². The summed E-state index contributed by atoms with van der Waals surface area (Å²) in [4.78, 5) is 13.1.